The third kappa shape index (κ3) is 2.43. The lowest BCUT2D eigenvalue weighted by molar-refractivity contribution is 0.0943. The zero-order valence-corrected chi connectivity index (χ0v) is 11.8. The molecule has 0 saturated carbocycles. The molecule has 0 aliphatic carbocycles. The number of carbonyl (C=O) groups excluding carboxylic acids is 1. The standard InChI is InChI=1S/C16H20N3O/c1-2-19-10-4-6-13(19)11-18-16(20)14-7-3-5-12-8-9-17-15(12)14/h3,5,7,9,13,17H,2,4,6,10-11H2,1H3,(H,18,20). The van der Waals surface area contributed by atoms with Gasteiger partial charge in [-0.05, 0) is 32.0 Å². The molecule has 2 aromatic rings. The molecule has 0 bridgehead atoms. The van der Waals surface area contributed by atoms with E-state index in [1.807, 2.05) is 18.2 Å². The van der Waals surface area contributed by atoms with Gasteiger partial charge in [-0.1, -0.05) is 19.1 Å². The number of likely N-dealkylation sites (N-methyl/N-ethyl adjacent to an activating group) is 1. The van der Waals surface area contributed by atoms with Crippen LogP contribution in [0.1, 0.15) is 30.1 Å². The fourth-order valence-electron chi connectivity index (χ4n) is 3.05. The number of hydrogen-bond donors (Lipinski definition) is 2. The van der Waals surface area contributed by atoms with Gasteiger partial charge in [-0.15, -0.1) is 0 Å². The number of likely N-dealkylation sites (tertiary alicyclic amines) is 1. The molecule has 1 fully saturated rings. The van der Waals surface area contributed by atoms with Crippen molar-refractivity contribution in [2.24, 2.45) is 0 Å². The maximum absolute atomic E-state index is 12.3. The predicted molar refractivity (Wildman–Crippen MR) is 79.7 cm³/mol. The SMILES string of the molecule is CCN1CCCC1CNC(=O)c1cccc2[c]c[nH]c12. The van der Waals surface area contributed by atoms with E-state index in [1.165, 1.54) is 12.8 Å². The number of aromatic amines is 1. The predicted octanol–water partition coefficient (Wildman–Crippen LogP) is 2.18. The number of aromatic nitrogens is 1. The van der Waals surface area contributed by atoms with Crippen molar-refractivity contribution in [3.63, 3.8) is 0 Å². The summed E-state index contributed by atoms with van der Waals surface area (Å²) < 4.78 is 0. The van der Waals surface area contributed by atoms with E-state index in [0.29, 0.717) is 11.6 Å². The Morgan fingerprint density at radius 2 is 2.45 bits per heavy atom. The minimum absolute atomic E-state index is 0.00518. The van der Waals surface area contributed by atoms with E-state index < -0.39 is 0 Å². The maximum Gasteiger partial charge on any atom is 0.253 e. The monoisotopic (exact) mass is 270 g/mol. The van der Waals surface area contributed by atoms with Gasteiger partial charge in [-0.25, -0.2) is 0 Å². The Hall–Kier alpha value is -1.81. The van der Waals surface area contributed by atoms with Crippen LogP contribution in [0, 0.1) is 6.07 Å². The second-order valence-corrected chi connectivity index (χ2v) is 5.30. The van der Waals surface area contributed by atoms with E-state index in [2.05, 4.69) is 28.2 Å². The molecule has 2 heterocycles. The highest BCUT2D eigenvalue weighted by molar-refractivity contribution is 6.05. The van der Waals surface area contributed by atoms with Crippen molar-refractivity contribution in [3.8, 4) is 0 Å². The second-order valence-electron chi connectivity index (χ2n) is 5.30. The summed E-state index contributed by atoms with van der Waals surface area (Å²) in [4.78, 5) is 17.9. The average Bonchev–Trinajstić information content (AvgIpc) is 3.12. The lowest BCUT2D eigenvalue weighted by Gasteiger charge is -2.22. The number of rotatable bonds is 4. The van der Waals surface area contributed by atoms with Crippen LogP contribution in [0.4, 0.5) is 0 Å². The van der Waals surface area contributed by atoms with Crippen LogP contribution in [0.25, 0.3) is 10.9 Å². The lowest BCUT2D eigenvalue weighted by atomic mass is 10.1. The molecular formula is C16H20N3O. The first-order valence-electron chi connectivity index (χ1n) is 7.29. The van der Waals surface area contributed by atoms with Crippen LogP contribution >= 0.6 is 0 Å². The molecular weight excluding hydrogens is 250 g/mol. The van der Waals surface area contributed by atoms with E-state index in [-0.39, 0.29) is 5.91 Å². The molecule has 3 rings (SSSR count). The van der Waals surface area contributed by atoms with Crippen LogP contribution in [0.3, 0.4) is 0 Å². The molecule has 4 nitrogen and oxygen atoms in total. The summed E-state index contributed by atoms with van der Waals surface area (Å²) in [5.41, 5.74) is 1.56. The topological polar surface area (TPSA) is 48.1 Å². The Labute approximate surface area is 119 Å². The quantitative estimate of drug-likeness (QED) is 0.894. The highest BCUT2D eigenvalue weighted by Crippen LogP contribution is 2.18. The highest BCUT2D eigenvalue weighted by Gasteiger charge is 2.23. The molecule has 2 N–H and O–H groups in total. The van der Waals surface area contributed by atoms with Gasteiger partial charge in [0.25, 0.3) is 5.91 Å². The van der Waals surface area contributed by atoms with E-state index in [1.54, 1.807) is 6.20 Å². The first-order chi connectivity index (χ1) is 9.79. The molecule has 1 atom stereocenters. The molecule has 105 valence electrons. The van der Waals surface area contributed by atoms with Crippen molar-refractivity contribution in [2.45, 2.75) is 25.8 Å². The fraction of sp³-hybridized carbons (Fsp3) is 0.438. The minimum Gasteiger partial charge on any atom is -0.360 e. The van der Waals surface area contributed by atoms with Crippen molar-refractivity contribution in [3.05, 3.63) is 36.0 Å². The second kappa shape index (κ2) is 5.67. The molecule has 1 saturated heterocycles. The van der Waals surface area contributed by atoms with E-state index in [9.17, 15) is 4.79 Å². The minimum atomic E-state index is -0.00518. The molecule has 1 aromatic heterocycles. The fourth-order valence-corrected chi connectivity index (χ4v) is 3.05. The van der Waals surface area contributed by atoms with Crippen molar-refractivity contribution >= 4 is 16.8 Å². The molecule has 20 heavy (non-hydrogen) atoms. The Morgan fingerprint density at radius 1 is 1.55 bits per heavy atom. The van der Waals surface area contributed by atoms with Crippen molar-refractivity contribution in [1.82, 2.24) is 15.2 Å². The summed E-state index contributed by atoms with van der Waals surface area (Å²) >= 11 is 0. The van der Waals surface area contributed by atoms with Gasteiger partial charge in [0.2, 0.25) is 0 Å². The first kappa shape index (κ1) is 13.2. The number of para-hydroxylation sites is 1. The van der Waals surface area contributed by atoms with Crippen molar-refractivity contribution in [1.29, 1.82) is 0 Å². The summed E-state index contributed by atoms with van der Waals surface area (Å²) in [5.74, 6) is -0.00518. The molecule has 1 unspecified atom stereocenters. The first-order valence-corrected chi connectivity index (χ1v) is 7.29. The van der Waals surface area contributed by atoms with Gasteiger partial charge in [0.1, 0.15) is 0 Å². The van der Waals surface area contributed by atoms with Crippen LogP contribution in [0.15, 0.2) is 24.4 Å². The van der Waals surface area contributed by atoms with Crippen LogP contribution in [-0.4, -0.2) is 41.5 Å². The van der Waals surface area contributed by atoms with Crippen LogP contribution < -0.4 is 5.32 Å². The Bertz CT molecular complexity index is 605. The Kier molecular flexibility index (Phi) is 3.74. The zero-order valence-electron chi connectivity index (χ0n) is 11.8. The summed E-state index contributed by atoms with van der Waals surface area (Å²) in [6.07, 6.45) is 4.15. The van der Waals surface area contributed by atoms with Gasteiger partial charge < -0.3 is 10.3 Å². The van der Waals surface area contributed by atoms with E-state index in [4.69, 9.17) is 0 Å². The van der Waals surface area contributed by atoms with Gasteiger partial charge >= 0.3 is 0 Å². The van der Waals surface area contributed by atoms with Crippen molar-refractivity contribution < 1.29 is 4.79 Å². The number of amides is 1. The van der Waals surface area contributed by atoms with Gasteiger partial charge in [0.15, 0.2) is 0 Å². The number of nitrogens with one attached hydrogen (secondary N) is 2. The maximum atomic E-state index is 12.3. The Balaban J connectivity index is 1.69. The molecule has 0 spiro atoms. The van der Waals surface area contributed by atoms with Gasteiger partial charge in [-0.2, -0.15) is 0 Å². The van der Waals surface area contributed by atoms with Crippen molar-refractivity contribution in [2.75, 3.05) is 19.6 Å². The zero-order chi connectivity index (χ0) is 13.9. The third-order valence-corrected chi connectivity index (χ3v) is 4.16. The number of fused-ring (bicyclic) bond motifs is 1. The summed E-state index contributed by atoms with van der Waals surface area (Å²) in [5, 5.41) is 4.03. The number of hydrogen-bond acceptors (Lipinski definition) is 2. The molecule has 4 heteroatoms. The van der Waals surface area contributed by atoms with Crippen LogP contribution in [0.5, 0.6) is 0 Å². The molecule has 1 radical (unpaired) electrons. The molecule has 1 aromatic carbocycles. The van der Waals surface area contributed by atoms with E-state index in [0.717, 1.165) is 30.5 Å². The van der Waals surface area contributed by atoms with Gasteiger partial charge in [-0.3, -0.25) is 9.69 Å². The Morgan fingerprint density at radius 3 is 3.30 bits per heavy atom. The van der Waals surface area contributed by atoms with Gasteiger partial charge in [0.05, 0.1) is 11.1 Å². The molecule has 1 amide bonds. The summed E-state index contributed by atoms with van der Waals surface area (Å²) in [6.45, 7) is 5.11. The number of carbonyl (C=O) groups is 1. The van der Waals surface area contributed by atoms with E-state index >= 15 is 0 Å². The molecule has 1 aliphatic rings. The number of benzene rings is 1. The van der Waals surface area contributed by atoms with Crippen LogP contribution in [0.2, 0.25) is 0 Å². The summed E-state index contributed by atoms with van der Waals surface area (Å²) in [6, 6.07) is 9.28. The normalized spacial score (nSPS) is 19.6. The number of H-pyrrole nitrogens is 1. The number of nitrogens with zero attached hydrogens (tertiary/aromatic N) is 1. The summed E-state index contributed by atoms with van der Waals surface area (Å²) in [7, 11) is 0. The lowest BCUT2D eigenvalue weighted by Crippen LogP contribution is -2.40. The smallest absolute Gasteiger partial charge is 0.253 e. The third-order valence-electron chi connectivity index (χ3n) is 4.16. The highest BCUT2D eigenvalue weighted by atomic mass is 16.1. The average molecular weight is 270 g/mol. The largest absolute Gasteiger partial charge is 0.360 e. The van der Waals surface area contributed by atoms with Gasteiger partial charge in [0, 0.05) is 30.2 Å². The van der Waals surface area contributed by atoms with Crippen LogP contribution in [-0.2, 0) is 0 Å². The molecule has 1 aliphatic heterocycles.